The van der Waals surface area contributed by atoms with E-state index < -0.39 is 29.4 Å². The average Bonchev–Trinajstić information content (AvgIpc) is 2.43. The van der Waals surface area contributed by atoms with Crippen LogP contribution >= 0.6 is 63.7 Å². The number of nitrogens with zero attached hydrogens (tertiary/aromatic N) is 2. The SMILES string of the molecule is O=[N+]([O-])[C@H](Br)[C@H](Br)c1cccc([C@@H](Br)[C@H](Br)[N+](=O)[O-])c1. The molecule has 1 aromatic rings. The van der Waals surface area contributed by atoms with Gasteiger partial charge in [0.05, 0.1) is 0 Å². The Morgan fingerprint density at radius 2 is 1.20 bits per heavy atom. The molecule has 0 aliphatic rings. The van der Waals surface area contributed by atoms with Crippen LogP contribution in [-0.2, 0) is 0 Å². The van der Waals surface area contributed by atoms with Crippen molar-refractivity contribution in [3.63, 3.8) is 0 Å². The van der Waals surface area contributed by atoms with Crippen molar-refractivity contribution >= 4 is 63.7 Å². The molecule has 0 bridgehead atoms. The average molecular weight is 540 g/mol. The molecule has 4 atom stereocenters. The first-order valence-corrected chi connectivity index (χ1v) is 8.85. The number of halogens is 4. The lowest BCUT2D eigenvalue weighted by atomic mass is 10.1. The molecule has 20 heavy (non-hydrogen) atoms. The van der Waals surface area contributed by atoms with Gasteiger partial charge < -0.3 is 0 Å². The molecule has 0 fully saturated rings. The molecule has 0 saturated carbocycles. The van der Waals surface area contributed by atoms with E-state index in [1.165, 1.54) is 0 Å². The van der Waals surface area contributed by atoms with E-state index in [0.717, 1.165) is 0 Å². The highest BCUT2D eigenvalue weighted by Gasteiger charge is 2.30. The van der Waals surface area contributed by atoms with Crippen LogP contribution in [0, 0.1) is 20.2 Å². The highest BCUT2D eigenvalue weighted by Crippen LogP contribution is 2.36. The number of hydrogen-bond acceptors (Lipinski definition) is 4. The summed E-state index contributed by atoms with van der Waals surface area (Å²) in [7, 11) is 0. The van der Waals surface area contributed by atoms with E-state index in [0.29, 0.717) is 11.1 Å². The molecular weight excluding hydrogens is 532 g/mol. The van der Waals surface area contributed by atoms with Gasteiger partial charge in [-0.25, -0.2) is 0 Å². The maximum atomic E-state index is 10.8. The quantitative estimate of drug-likeness (QED) is 0.230. The monoisotopic (exact) mass is 536 g/mol. The van der Waals surface area contributed by atoms with Gasteiger partial charge >= 0.3 is 0 Å². The van der Waals surface area contributed by atoms with Gasteiger partial charge in [-0.15, -0.1) is 0 Å². The van der Waals surface area contributed by atoms with Crippen molar-refractivity contribution in [3.05, 3.63) is 55.6 Å². The summed E-state index contributed by atoms with van der Waals surface area (Å²) in [6.45, 7) is 0. The summed E-state index contributed by atoms with van der Waals surface area (Å²) in [5.41, 5.74) is 1.32. The van der Waals surface area contributed by atoms with Crippen LogP contribution in [0.4, 0.5) is 0 Å². The van der Waals surface area contributed by atoms with Crippen molar-refractivity contribution < 1.29 is 9.85 Å². The standard InChI is InChI=1S/C10H8Br4N2O4/c11-7(9(13)15(17)18)5-2-1-3-6(4-5)8(12)10(14)16(19)20/h1-4,7-10H/t7-,8-,9-,10+/m1/s1. The first-order chi connectivity index (χ1) is 9.25. The molecular formula is C10H8Br4N2O4. The van der Waals surface area contributed by atoms with E-state index in [1.54, 1.807) is 24.3 Å². The minimum atomic E-state index is -0.984. The van der Waals surface area contributed by atoms with Crippen LogP contribution in [0.3, 0.4) is 0 Å². The Balaban J connectivity index is 3.01. The van der Waals surface area contributed by atoms with Gasteiger partial charge in [0, 0.05) is 9.85 Å². The fourth-order valence-corrected chi connectivity index (χ4v) is 3.00. The summed E-state index contributed by atoms with van der Waals surface area (Å²) >= 11 is 12.5. The van der Waals surface area contributed by atoms with Crippen LogP contribution in [0.2, 0.25) is 0 Å². The zero-order chi connectivity index (χ0) is 15.4. The Morgan fingerprint density at radius 1 is 0.850 bits per heavy atom. The minimum Gasteiger partial charge on any atom is -0.263 e. The number of benzene rings is 1. The van der Waals surface area contributed by atoms with E-state index in [4.69, 9.17) is 0 Å². The molecule has 0 aliphatic carbocycles. The Hall–Kier alpha value is -0.0600. The molecule has 6 nitrogen and oxygen atoms in total. The zero-order valence-corrected chi connectivity index (χ0v) is 16.0. The maximum Gasteiger partial charge on any atom is 0.282 e. The summed E-state index contributed by atoms with van der Waals surface area (Å²) in [5.74, 6) is 0. The van der Waals surface area contributed by atoms with E-state index in [1.807, 2.05) is 0 Å². The van der Waals surface area contributed by atoms with Crippen molar-refractivity contribution in [2.45, 2.75) is 19.6 Å². The minimum absolute atomic E-state index is 0.456. The van der Waals surface area contributed by atoms with Crippen LogP contribution in [0.5, 0.6) is 0 Å². The third-order valence-electron chi connectivity index (χ3n) is 2.43. The van der Waals surface area contributed by atoms with Gasteiger partial charge in [-0.2, -0.15) is 0 Å². The molecule has 0 aromatic heterocycles. The molecule has 0 aliphatic heterocycles. The van der Waals surface area contributed by atoms with Gasteiger partial charge in [-0.1, -0.05) is 56.1 Å². The second kappa shape index (κ2) is 7.81. The largest absolute Gasteiger partial charge is 0.282 e. The molecule has 0 unspecified atom stereocenters. The summed E-state index contributed by atoms with van der Waals surface area (Å²) in [4.78, 5) is 17.5. The molecule has 0 N–H and O–H groups in total. The van der Waals surface area contributed by atoms with Crippen molar-refractivity contribution in [1.82, 2.24) is 0 Å². The van der Waals surface area contributed by atoms with Crippen LogP contribution in [-0.4, -0.2) is 19.7 Å². The highest BCUT2D eigenvalue weighted by atomic mass is 79.9. The lowest BCUT2D eigenvalue weighted by molar-refractivity contribution is -0.492. The van der Waals surface area contributed by atoms with Crippen LogP contribution in [0.25, 0.3) is 0 Å². The van der Waals surface area contributed by atoms with Crippen LogP contribution in [0.1, 0.15) is 20.8 Å². The first-order valence-electron chi connectivity index (χ1n) is 5.18. The molecule has 0 radical (unpaired) electrons. The number of nitro groups is 2. The Morgan fingerprint density at radius 3 is 1.50 bits per heavy atom. The van der Waals surface area contributed by atoms with E-state index in [2.05, 4.69) is 63.7 Å². The summed E-state index contributed by atoms with van der Waals surface area (Å²) in [5, 5.41) is 21.5. The fourth-order valence-electron chi connectivity index (χ4n) is 1.43. The Labute approximate surface area is 148 Å². The van der Waals surface area contributed by atoms with Gasteiger partial charge in [0.15, 0.2) is 0 Å². The van der Waals surface area contributed by atoms with Gasteiger partial charge in [0.2, 0.25) is 0 Å². The van der Waals surface area contributed by atoms with Crippen molar-refractivity contribution in [3.8, 4) is 0 Å². The number of hydrogen-bond donors (Lipinski definition) is 0. The van der Waals surface area contributed by atoms with Gasteiger partial charge in [0.25, 0.3) is 9.90 Å². The Bertz CT molecular complexity index is 475. The molecule has 110 valence electrons. The molecule has 1 rings (SSSR count). The van der Waals surface area contributed by atoms with E-state index in [9.17, 15) is 20.2 Å². The summed E-state index contributed by atoms with van der Waals surface area (Å²) < 4.78 is 0. The lowest BCUT2D eigenvalue weighted by Crippen LogP contribution is -2.19. The Kier molecular flexibility index (Phi) is 7.02. The molecule has 0 amide bonds. The second-order valence-electron chi connectivity index (χ2n) is 3.79. The van der Waals surface area contributed by atoms with Gasteiger partial charge in [0.1, 0.15) is 9.65 Å². The summed E-state index contributed by atoms with van der Waals surface area (Å²) in [6.07, 6.45) is 0. The first kappa shape index (κ1) is 18.0. The number of alkyl halides is 4. The number of rotatable bonds is 6. The topological polar surface area (TPSA) is 86.3 Å². The van der Waals surface area contributed by atoms with E-state index >= 15 is 0 Å². The van der Waals surface area contributed by atoms with E-state index in [-0.39, 0.29) is 0 Å². The van der Waals surface area contributed by atoms with Gasteiger partial charge in [-0.05, 0) is 43.0 Å². The molecule has 0 spiro atoms. The smallest absolute Gasteiger partial charge is 0.263 e. The second-order valence-corrected chi connectivity index (χ2v) is 7.64. The van der Waals surface area contributed by atoms with Crippen LogP contribution < -0.4 is 0 Å². The van der Waals surface area contributed by atoms with Gasteiger partial charge in [-0.3, -0.25) is 20.2 Å². The maximum absolute atomic E-state index is 10.8. The predicted molar refractivity (Wildman–Crippen MR) is 89.2 cm³/mol. The van der Waals surface area contributed by atoms with Crippen molar-refractivity contribution in [2.75, 3.05) is 0 Å². The zero-order valence-electron chi connectivity index (χ0n) is 9.66. The summed E-state index contributed by atoms with van der Waals surface area (Å²) in [6, 6.07) is 6.83. The molecule has 0 heterocycles. The highest BCUT2D eigenvalue weighted by molar-refractivity contribution is 9.12. The molecule has 1 aromatic carbocycles. The fraction of sp³-hybridized carbons (Fsp3) is 0.400. The molecule has 0 saturated heterocycles. The van der Waals surface area contributed by atoms with Crippen LogP contribution in [0.15, 0.2) is 24.3 Å². The lowest BCUT2D eigenvalue weighted by Gasteiger charge is -2.15. The normalized spacial score (nSPS) is 17.0. The van der Waals surface area contributed by atoms with Crippen molar-refractivity contribution in [2.24, 2.45) is 0 Å². The molecule has 10 heteroatoms. The third-order valence-corrected chi connectivity index (χ3v) is 7.64. The van der Waals surface area contributed by atoms with Crippen molar-refractivity contribution in [1.29, 1.82) is 0 Å². The predicted octanol–water partition coefficient (Wildman–Crippen LogP) is 4.55. The third kappa shape index (κ3) is 4.47.